The van der Waals surface area contributed by atoms with E-state index in [1.54, 1.807) is 0 Å². The van der Waals surface area contributed by atoms with Crippen LogP contribution in [0.5, 0.6) is 0 Å². The molecule has 128 valence electrons. The minimum Gasteiger partial charge on any atom is -0.390 e. The van der Waals surface area contributed by atoms with Crippen LogP contribution in [0.4, 0.5) is 5.69 Å². The molecule has 2 fully saturated rings. The van der Waals surface area contributed by atoms with Crippen LogP contribution in [-0.2, 0) is 0 Å². The summed E-state index contributed by atoms with van der Waals surface area (Å²) >= 11 is 0. The summed E-state index contributed by atoms with van der Waals surface area (Å²) in [4.78, 5) is 19.2. The molecule has 0 aromatic carbocycles. The van der Waals surface area contributed by atoms with Crippen LogP contribution in [0.15, 0.2) is 18.5 Å². The molecule has 4 atom stereocenters. The van der Waals surface area contributed by atoms with E-state index in [4.69, 9.17) is 5.73 Å². The summed E-state index contributed by atoms with van der Waals surface area (Å²) in [7, 11) is 0. The highest BCUT2D eigenvalue weighted by molar-refractivity contribution is 6.05. The Morgan fingerprint density at radius 2 is 2.33 bits per heavy atom. The van der Waals surface area contributed by atoms with Crippen LogP contribution in [-0.4, -0.2) is 32.6 Å². The van der Waals surface area contributed by atoms with Crippen LogP contribution < -0.4 is 11.1 Å². The zero-order chi connectivity index (χ0) is 16.9. The van der Waals surface area contributed by atoms with E-state index in [1.165, 1.54) is 6.20 Å². The fourth-order valence-corrected chi connectivity index (χ4v) is 4.80. The highest BCUT2D eigenvalue weighted by atomic mass is 16.3. The Hall–Kier alpha value is -2.08. The number of nitrogens with one attached hydrogen (secondary N) is 2. The van der Waals surface area contributed by atoms with Crippen molar-refractivity contribution in [3.8, 4) is 0 Å². The van der Waals surface area contributed by atoms with Crippen LogP contribution in [0.1, 0.15) is 49.4 Å². The molecule has 2 bridgehead atoms. The Kier molecular flexibility index (Phi) is 3.53. The highest BCUT2D eigenvalue weighted by Crippen LogP contribution is 2.46. The Balaban J connectivity index is 1.68. The fourth-order valence-electron chi connectivity index (χ4n) is 4.80. The zero-order valence-corrected chi connectivity index (χ0v) is 13.9. The van der Waals surface area contributed by atoms with E-state index in [0.29, 0.717) is 17.4 Å². The number of pyridine rings is 1. The average molecular weight is 328 g/mol. The molecule has 4 rings (SSSR count). The summed E-state index contributed by atoms with van der Waals surface area (Å²) in [5, 5.41) is 15.2. The molecule has 2 aromatic heterocycles. The summed E-state index contributed by atoms with van der Waals surface area (Å²) in [6.45, 7) is 2.21. The molecule has 1 unspecified atom stereocenters. The number of carbonyl (C=O) groups excluding carboxylic acids is 1. The number of rotatable bonds is 3. The first-order valence-electron chi connectivity index (χ1n) is 8.70. The van der Waals surface area contributed by atoms with Gasteiger partial charge in [0.05, 0.1) is 16.9 Å². The number of H-pyrrole nitrogens is 1. The van der Waals surface area contributed by atoms with Crippen molar-refractivity contribution in [2.75, 3.05) is 5.32 Å². The minimum atomic E-state index is -0.505. The smallest absolute Gasteiger partial charge is 0.252 e. The maximum atomic E-state index is 11.8. The molecule has 0 aliphatic heterocycles. The van der Waals surface area contributed by atoms with Gasteiger partial charge in [-0.2, -0.15) is 0 Å². The Bertz CT molecular complexity index is 786. The topological polar surface area (TPSA) is 104 Å². The van der Waals surface area contributed by atoms with Crippen LogP contribution in [0, 0.1) is 11.8 Å². The molecule has 2 aliphatic carbocycles. The summed E-state index contributed by atoms with van der Waals surface area (Å²) in [6, 6.07) is 2.16. The van der Waals surface area contributed by atoms with Gasteiger partial charge < -0.3 is 21.1 Å². The Labute approximate surface area is 140 Å². The van der Waals surface area contributed by atoms with Gasteiger partial charge in [-0.05, 0) is 50.0 Å². The molecule has 0 saturated heterocycles. The summed E-state index contributed by atoms with van der Waals surface area (Å²) < 4.78 is 0. The number of nitrogens with two attached hydrogens (primary N) is 1. The number of aromatic nitrogens is 2. The maximum Gasteiger partial charge on any atom is 0.252 e. The first-order valence-corrected chi connectivity index (χ1v) is 8.70. The second kappa shape index (κ2) is 5.48. The third-order valence-electron chi connectivity index (χ3n) is 5.75. The second-order valence-electron chi connectivity index (χ2n) is 7.67. The normalized spacial score (nSPS) is 32.7. The van der Waals surface area contributed by atoms with Gasteiger partial charge in [-0.25, -0.2) is 4.98 Å². The van der Waals surface area contributed by atoms with E-state index < -0.39 is 11.5 Å². The minimum absolute atomic E-state index is 0.242. The van der Waals surface area contributed by atoms with E-state index in [1.807, 2.05) is 12.3 Å². The standard InChI is InChI=1S/C18H24N4O2/c1-10-6-11-8-18(24,7-10)4-2-14(11)22-15-12-3-5-20-17(12)21-9-13(15)16(19)23/h3,5,9-11,14,24H,2,4,6-8H2,1H3,(H2,19,23)(H2,20,21,22)/t10?,11-,14+,18-/m0/s1. The molecule has 2 aromatic rings. The number of nitrogens with zero attached hydrogens (tertiary/aromatic N) is 1. The lowest BCUT2D eigenvalue weighted by atomic mass is 9.64. The molecule has 5 N–H and O–H groups in total. The molecule has 2 heterocycles. The predicted molar refractivity (Wildman–Crippen MR) is 92.7 cm³/mol. The number of fused-ring (bicyclic) bond motifs is 3. The van der Waals surface area contributed by atoms with E-state index in [0.717, 1.165) is 48.8 Å². The molecule has 0 spiro atoms. The third-order valence-corrected chi connectivity index (χ3v) is 5.75. The summed E-state index contributed by atoms with van der Waals surface area (Å²) in [5.41, 5.74) is 6.98. The zero-order valence-electron chi connectivity index (χ0n) is 13.9. The van der Waals surface area contributed by atoms with E-state index in [9.17, 15) is 9.90 Å². The van der Waals surface area contributed by atoms with Crippen molar-refractivity contribution in [1.82, 2.24) is 9.97 Å². The molecule has 0 radical (unpaired) electrons. The summed E-state index contributed by atoms with van der Waals surface area (Å²) in [6.07, 6.45) is 7.90. The SMILES string of the molecule is CC1C[C@H]2C[C@](O)(CC[C@H]2Nc2c(C(N)=O)cnc3[nH]ccc23)C1. The van der Waals surface area contributed by atoms with Gasteiger partial charge in [-0.15, -0.1) is 0 Å². The third kappa shape index (κ3) is 2.55. The van der Waals surface area contributed by atoms with Crippen LogP contribution in [0.25, 0.3) is 11.0 Å². The molecule has 6 nitrogen and oxygen atoms in total. The van der Waals surface area contributed by atoms with E-state index in [-0.39, 0.29) is 6.04 Å². The number of carbonyl (C=O) groups is 1. The van der Waals surface area contributed by atoms with E-state index in [2.05, 4.69) is 22.2 Å². The number of aromatic amines is 1. The van der Waals surface area contributed by atoms with Crippen molar-refractivity contribution in [2.24, 2.45) is 17.6 Å². The first kappa shape index (κ1) is 15.4. The van der Waals surface area contributed by atoms with Crippen molar-refractivity contribution < 1.29 is 9.90 Å². The maximum absolute atomic E-state index is 11.8. The highest BCUT2D eigenvalue weighted by Gasteiger charge is 2.44. The van der Waals surface area contributed by atoms with Gasteiger partial charge in [0.15, 0.2) is 0 Å². The Morgan fingerprint density at radius 3 is 3.12 bits per heavy atom. The van der Waals surface area contributed by atoms with Gasteiger partial charge in [0, 0.05) is 23.8 Å². The molecule has 24 heavy (non-hydrogen) atoms. The van der Waals surface area contributed by atoms with Crippen molar-refractivity contribution in [2.45, 2.75) is 50.7 Å². The lowest BCUT2D eigenvalue weighted by Gasteiger charge is -2.48. The molecular weight excluding hydrogens is 304 g/mol. The first-order chi connectivity index (χ1) is 11.5. The number of primary amides is 1. The Morgan fingerprint density at radius 1 is 1.50 bits per heavy atom. The second-order valence-corrected chi connectivity index (χ2v) is 7.67. The van der Waals surface area contributed by atoms with Gasteiger partial charge in [-0.1, -0.05) is 6.92 Å². The number of hydrogen-bond donors (Lipinski definition) is 4. The number of hydrogen-bond acceptors (Lipinski definition) is 4. The largest absolute Gasteiger partial charge is 0.390 e. The predicted octanol–water partition coefficient (Wildman–Crippen LogP) is 2.40. The average Bonchev–Trinajstić information content (AvgIpc) is 2.98. The van der Waals surface area contributed by atoms with Gasteiger partial charge >= 0.3 is 0 Å². The summed E-state index contributed by atoms with van der Waals surface area (Å²) in [5.74, 6) is 0.464. The number of aliphatic hydroxyl groups is 1. The van der Waals surface area contributed by atoms with Crippen molar-refractivity contribution >= 4 is 22.6 Å². The monoisotopic (exact) mass is 328 g/mol. The number of amides is 1. The lowest BCUT2D eigenvalue weighted by Crippen LogP contribution is -2.49. The van der Waals surface area contributed by atoms with Crippen LogP contribution >= 0.6 is 0 Å². The molecule has 2 aliphatic rings. The van der Waals surface area contributed by atoms with Crippen LogP contribution in [0.3, 0.4) is 0 Å². The fraction of sp³-hybridized carbons (Fsp3) is 0.556. The van der Waals surface area contributed by atoms with Gasteiger partial charge in [-0.3, -0.25) is 4.79 Å². The lowest BCUT2D eigenvalue weighted by molar-refractivity contribution is -0.0677. The molecule has 6 heteroatoms. The molecular formula is C18H24N4O2. The van der Waals surface area contributed by atoms with Gasteiger partial charge in [0.25, 0.3) is 5.91 Å². The van der Waals surface area contributed by atoms with Gasteiger partial charge in [0.2, 0.25) is 0 Å². The quantitative estimate of drug-likeness (QED) is 0.694. The van der Waals surface area contributed by atoms with Crippen molar-refractivity contribution in [3.05, 3.63) is 24.0 Å². The molecule has 2 saturated carbocycles. The van der Waals surface area contributed by atoms with E-state index >= 15 is 0 Å². The molecule has 1 amide bonds. The van der Waals surface area contributed by atoms with Crippen molar-refractivity contribution in [1.29, 1.82) is 0 Å². The van der Waals surface area contributed by atoms with Crippen LogP contribution in [0.2, 0.25) is 0 Å². The number of anilines is 1. The van der Waals surface area contributed by atoms with Gasteiger partial charge in [0.1, 0.15) is 5.65 Å². The van der Waals surface area contributed by atoms with Crippen molar-refractivity contribution in [3.63, 3.8) is 0 Å².